The second-order valence-corrected chi connectivity index (χ2v) is 11.6. The van der Waals surface area contributed by atoms with Crippen molar-refractivity contribution in [1.29, 1.82) is 0 Å². The Morgan fingerprint density at radius 1 is 0.957 bits per heavy atom. The summed E-state index contributed by atoms with van der Waals surface area (Å²) >= 11 is 0. The third kappa shape index (κ3) is 11.7. The average molecular weight is 654 g/mol. The number of carboxylic acids is 1. The summed E-state index contributed by atoms with van der Waals surface area (Å²) in [6.45, 7) is 6.63. The third-order valence-electron chi connectivity index (χ3n) is 7.60. The van der Waals surface area contributed by atoms with Crippen LogP contribution in [0.4, 0.5) is 5.69 Å². The van der Waals surface area contributed by atoms with Gasteiger partial charge in [-0.25, -0.2) is 0 Å². The van der Waals surface area contributed by atoms with E-state index in [9.17, 15) is 28.8 Å². The summed E-state index contributed by atoms with van der Waals surface area (Å²) in [6, 6.07) is 3.85. The van der Waals surface area contributed by atoms with Crippen molar-refractivity contribution in [3.8, 4) is 11.4 Å². The molecule has 0 radical (unpaired) electrons. The number of tetrazole rings is 1. The Labute approximate surface area is 272 Å². The number of amides is 5. The van der Waals surface area contributed by atoms with Gasteiger partial charge in [0.15, 0.2) is 0 Å². The van der Waals surface area contributed by atoms with Gasteiger partial charge in [0.1, 0.15) is 0 Å². The Balaban J connectivity index is 1.47. The fourth-order valence-electron chi connectivity index (χ4n) is 4.74. The molecule has 0 saturated carbocycles. The number of carbonyl (C=O) groups excluding carboxylic acids is 5. The standard InChI is InChI=1S/C31H43N9O7/c1-19(2)24(35-25(41)9-5-4-8-16-40-26(42)13-14-27(40)43)18-33-20(3)30(46)34-21-11-12-22(23(17-21)29-36-38-39-37-29)31(47)32-15-7-6-10-28(44)45/h11-14,17,19-20,24,33H,4-10,15-16,18H2,1-3H3,(H,32,47)(H,34,46)(H,35,41)(H,44,45)(H,36,37,38,39)/t20-,24+/m0/s1. The topological polar surface area (TPSA) is 228 Å². The van der Waals surface area contributed by atoms with Gasteiger partial charge in [0, 0.05) is 61.9 Å². The van der Waals surface area contributed by atoms with Gasteiger partial charge in [-0.15, -0.1) is 10.2 Å². The molecule has 16 nitrogen and oxygen atoms in total. The van der Waals surface area contributed by atoms with Crippen LogP contribution in [0, 0.1) is 5.92 Å². The molecule has 1 aromatic heterocycles. The molecule has 2 atom stereocenters. The zero-order valence-corrected chi connectivity index (χ0v) is 26.9. The molecule has 0 saturated heterocycles. The van der Waals surface area contributed by atoms with Crippen molar-refractivity contribution in [2.24, 2.45) is 5.92 Å². The molecule has 5 amide bonds. The van der Waals surface area contributed by atoms with E-state index in [1.807, 2.05) is 13.8 Å². The fourth-order valence-corrected chi connectivity index (χ4v) is 4.74. The van der Waals surface area contributed by atoms with Gasteiger partial charge in [-0.1, -0.05) is 20.3 Å². The van der Waals surface area contributed by atoms with E-state index >= 15 is 0 Å². The lowest BCUT2D eigenvalue weighted by Gasteiger charge is -2.25. The highest BCUT2D eigenvalue weighted by molar-refractivity contribution is 6.12. The first-order valence-electron chi connectivity index (χ1n) is 15.7. The molecule has 0 aliphatic carbocycles. The molecule has 0 bridgehead atoms. The lowest BCUT2D eigenvalue weighted by Crippen LogP contribution is -2.49. The van der Waals surface area contributed by atoms with E-state index in [1.54, 1.807) is 25.1 Å². The number of carbonyl (C=O) groups is 6. The fraction of sp³-hybridized carbons (Fsp3) is 0.516. The predicted molar refractivity (Wildman–Crippen MR) is 171 cm³/mol. The molecule has 0 fully saturated rings. The number of benzene rings is 1. The van der Waals surface area contributed by atoms with Crippen molar-refractivity contribution in [2.75, 3.05) is 25.0 Å². The summed E-state index contributed by atoms with van der Waals surface area (Å²) in [5.41, 5.74) is 1.01. The van der Waals surface area contributed by atoms with Crippen LogP contribution in [0.3, 0.4) is 0 Å². The smallest absolute Gasteiger partial charge is 0.303 e. The highest BCUT2D eigenvalue weighted by Crippen LogP contribution is 2.24. The Morgan fingerprint density at radius 2 is 1.68 bits per heavy atom. The number of H-pyrrole nitrogens is 1. The molecule has 1 aliphatic rings. The minimum absolute atomic E-state index is 0.0209. The van der Waals surface area contributed by atoms with Crippen molar-refractivity contribution in [3.05, 3.63) is 35.9 Å². The van der Waals surface area contributed by atoms with E-state index in [0.29, 0.717) is 69.4 Å². The van der Waals surface area contributed by atoms with Gasteiger partial charge in [0.2, 0.25) is 17.6 Å². The number of hydrogen-bond donors (Lipinski definition) is 6. The summed E-state index contributed by atoms with van der Waals surface area (Å²) in [5.74, 6) is -2.10. The summed E-state index contributed by atoms with van der Waals surface area (Å²) < 4.78 is 0. The van der Waals surface area contributed by atoms with E-state index in [-0.39, 0.29) is 53.4 Å². The predicted octanol–water partition coefficient (Wildman–Crippen LogP) is 1.39. The number of anilines is 1. The van der Waals surface area contributed by atoms with Crippen molar-refractivity contribution >= 4 is 41.2 Å². The SMILES string of the molecule is CC(C)[C@@H](CN[C@@H](C)C(=O)Nc1ccc(C(=O)NCCCCC(=O)O)c(-c2nn[nH]n2)c1)NC(=O)CCCCCN1C(=O)C=CC1=O. The molecule has 0 spiro atoms. The highest BCUT2D eigenvalue weighted by Gasteiger charge is 2.23. The van der Waals surface area contributed by atoms with E-state index < -0.39 is 17.9 Å². The zero-order chi connectivity index (χ0) is 34.3. The molecule has 16 heteroatoms. The third-order valence-corrected chi connectivity index (χ3v) is 7.60. The van der Waals surface area contributed by atoms with Crippen LogP contribution in [0.1, 0.15) is 76.1 Å². The second kappa shape index (κ2) is 18.2. The minimum atomic E-state index is -0.893. The van der Waals surface area contributed by atoms with Gasteiger partial charge >= 0.3 is 5.97 Å². The molecule has 2 aromatic rings. The Kier molecular flexibility index (Phi) is 14.1. The van der Waals surface area contributed by atoms with Gasteiger partial charge in [-0.3, -0.25) is 33.7 Å². The molecule has 254 valence electrons. The number of aromatic nitrogens is 4. The van der Waals surface area contributed by atoms with Gasteiger partial charge in [0.25, 0.3) is 17.7 Å². The summed E-state index contributed by atoms with van der Waals surface area (Å²) in [7, 11) is 0. The van der Waals surface area contributed by atoms with Gasteiger partial charge in [0.05, 0.1) is 11.6 Å². The number of unbranched alkanes of at least 4 members (excludes halogenated alkanes) is 3. The maximum Gasteiger partial charge on any atom is 0.303 e. The van der Waals surface area contributed by atoms with Crippen LogP contribution in [0.15, 0.2) is 30.4 Å². The molecule has 3 rings (SSSR count). The lowest BCUT2D eigenvalue weighted by atomic mass is 10.0. The molecule has 1 aromatic carbocycles. The molecule has 0 unspecified atom stereocenters. The van der Waals surface area contributed by atoms with Crippen LogP contribution in [-0.2, 0) is 24.0 Å². The number of imide groups is 1. The van der Waals surface area contributed by atoms with Crippen LogP contribution < -0.4 is 21.3 Å². The second-order valence-electron chi connectivity index (χ2n) is 11.6. The highest BCUT2D eigenvalue weighted by atomic mass is 16.4. The number of nitrogens with one attached hydrogen (secondary N) is 5. The van der Waals surface area contributed by atoms with Crippen LogP contribution in [0.25, 0.3) is 11.4 Å². The number of aliphatic carboxylic acids is 1. The molecule has 2 heterocycles. The minimum Gasteiger partial charge on any atom is -0.481 e. The summed E-state index contributed by atoms with van der Waals surface area (Å²) in [6.07, 6.45) is 5.71. The van der Waals surface area contributed by atoms with Crippen molar-refractivity contribution < 1.29 is 33.9 Å². The lowest BCUT2D eigenvalue weighted by molar-refractivity contribution is -0.138. The first-order chi connectivity index (χ1) is 22.5. The van der Waals surface area contributed by atoms with Gasteiger partial charge < -0.3 is 26.4 Å². The summed E-state index contributed by atoms with van der Waals surface area (Å²) in [5, 5.41) is 34.4. The average Bonchev–Trinajstić information content (AvgIpc) is 3.68. The number of nitrogens with zero attached hydrogens (tertiary/aromatic N) is 4. The Hall–Kier alpha value is -4.99. The van der Waals surface area contributed by atoms with E-state index in [1.165, 1.54) is 17.1 Å². The maximum atomic E-state index is 13.0. The van der Waals surface area contributed by atoms with Crippen LogP contribution in [0.5, 0.6) is 0 Å². The number of hydrogen-bond acceptors (Lipinski definition) is 10. The number of rotatable bonds is 20. The van der Waals surface area contributed by atoms with Crippen LogP contribution >= 0.6 is 0 Å². The molecule has 1 aliphatic heterocycles. The number of aromatic amines is 1. The van der Waals surface area contributed by atoms with Crippen molar-refractivity contribution in [1.82, 2.24) is 41.5 Å². The van der Waals surface area contributed by atoms with E-state index in [2.05, 4.69) is 41.9 Å². The molecule has 47 heavy (non-hydrogen) atoms. The monoisotopic (exact) mass is 653 g/mol. The largest absolute Gasteiger partial charge is 0.481 e. The zero-order valence-electron chi connectivity index (χ0n) is 26.9. The molecular formula is C31H43N9O7. The molecular weight excluding hydrogens is 610 g/mol. The Bertz CT molecular complexity index is 1420. The van der Waals surface area contributed by atoms with E-state index in [4.69, 9.17) is 5.11 Å². The van der Waals surface area contributed by atoms with Gasteiger partial charge in [-0.2, -0.15) is 5.21 Å². The van der Waals surface area contributed by atoms with E-state index in [0.717, 1.165) is 0 Å². The van der Waals surface area contributed by atoms with Crippen molar-refractivity contribution in [3.63, 3.8) is 0 Å². The Morgan fingerprint density at radius 3 is 2.34 bits per heavy atom. The van der Waals surface area contributed by atoms with Crippen LogP contribution in [-0.4, -0.2) is 97.9 Å². The van der Waals surface area contributed by atoms with Crippen LogP contribution in [0.2, 0.25) is 0 Å². The first kappa shape index (κ1) is 36.5. The number of carboxylic acid groups (broad SMARTS) is 1. The summed E-state index contributed by atoms with van der Waals surface area (Å²) in [4.78, 5) is 73.7. The first-order valence-corrected chi connectivity index (χ1v) is 15.7. The quantitative estimate of drug-likeness (QED) is 0.0884. The molecule has 6 N–H and O–H groups in total. The van der Waals surface area contributed by atoms with Gasteiger partial charge in [-0.05, 0) is 61.9 Å². The maximum absolute atomic E-state index is 13.0. The normalized spacial score (nSPS) is 13.9. The van der Waals surface area contributed by atoms with Crippen molar-refractivity contribution in [2.45, 2.75) is 77.8 Å².